The predicted molar refractivity (Wildman–Crippen MR) is 100 cm³/mol. The highest BCUT2D eigenvalue weighted by Gasteiger charge is 2.20. The maximum atomic E-state index is 5.73. The summed E-state index contributed by atoms with van der Waals surface area (Å²) in [5.74, 6) is 1.28. The molecule has 0 saturated carbocycles. The minimum Gasteiger partial charge on any atom is -0.384 e. The molecule has 0 radical (unpaired) electrons. The van der Waals surface area contributed by atoms with Gasteiger partial charge in [-0.15, -0.1) is 0 Å². The van der Waals surface area contributed by atoms with Crippen LogP contribution in [0.1, 0.15) is 18.1 Å². The third kappa shape index (κ3) is 3.25. The number of hydrogen-bond donors (Lipinski definition) is 2. The number of nitrogens with two attached hydrogens (primary N) is 1. The van der Waals surface area contributed by atoms with E-state index >= 15 is 0 Å². The van der Waals surface area contributed by atoms with Crippen LogP contribution in [0.4, 0.5) is 11.6 Å². The highest BCUT2D eigenvalue weighted by atomic mass is 15.2. The number of hydrogen-bond acceptors (Lipinski definition) is 6. The molecule has 1 unspecified atom stereocenters. The van der Waals surface area contributed by atoms with E-state index in [1.54, 1.807) is 6.07 Å². The number of nitrogens with one attached hydrogen (secondary N) is 1. The Labute approximate surface area is 147 Å². The quantitative estimate of drug-likeness (QED) is 0.763. The first-order valence-corrected chi connectivity index (χ1v) is 8.62. The predicted octanol–water partition coefficient (Wildman–Crippen LogP) is 2.47. The monoisotopic (exact) mass is 334 g/mol. The van der Waals surface area contributed by atoms with Gasteiger partial charge in [-0.05, 0) is 36.6 Å². The molecule has 1 atom stereocenters. The van der Waals surface area contributed by atoms with Crippen molar-refractivity contribution in [2.45, 2.75) is 25.9 Å². The molecule has 3 N–H and O–H groups in total. The number of fused-ring (bicyclic) bond motifs is 2. The molecule has 0 saturated heterocycles. The van der Waals surface area contributed by atoms with Gasteiger partial charge in [0.1, 0.15) is 18.0 Å². The Morgan fingerprint density at radius 1 is 1.16 bits per heavy atom. The van der Waals surface area contributed by atoms with E-state index in [9.17, 15) is 0 Å². The van der Waals surface area contributed by atoms with E-state index < -0.39 is 0 Å². The van der Waals surface area contributed by atoms with Crippen LogP contribution in [0.2, 0.25) is 0 Å². The Morgan fingerprint density at radius 2 is 2.00 bits per heavy atom. The lowest BCUT2D eigenvalue weighted by Crippen LogP contribution is -2.41. The number of nitrogen functional groups attached to an aromatic ring is 1. The van der Waals surface area contributed by atoms with Crippen LogP contribution in [-0.4, -0.2) is 39.0 Å². The van der Waals surface area contributed by atoms with Crippen LogP contribution in [0.15, 0.2) is 42.7 Å². The molecule has 0 fully saturated rings. The molecule has 1 aliphatic rings. The average molecular weight is 334 g/mol. The number of aromatic nitrogens is 3. The zero-order valence-electron chi connectivity index (χ0n) is 14.3. The number of nitrogens with zero attached hydrogens (tertiary/aromatic N) is 4. The Balaban J connectivity index is 1.45. The lowest BCUT2D eigenvalue weighted by Gasteiger charge is -2.33. The first kappa shape index (κ1) is 15.8. The molecule has 128 valence electrons. The van der Waals surface area contributed by atoms with E-state index in [1.807, 2.05) is 6.07 Å². The van der Waals surface area contributed by atoms with Crippen molar-refractivity contribution in [3.8, 4) is 0 Å². The maximum absolute atomic E-state index is 5.73. The minimum absolute atomic E-state index is 0.403. The summed E-state index contributed by atoms with van der Waals surface area (Å²) in [6, 6.07) is 12.8. The molecule has 0 spiro atoms. The number of anilines is 2. The van der Waals surface area contributed by atoms with Crippen molar-refractivity contribution in [3.63, 3.8) is 0 Å². The van der Waals surface area contributed by atoms with Crippen LogP contribution < -0.4 is 11.1 Å². The van der Waals surface area contributed by atoms with Crippen molar-refractivity contribution >= 4 is 22.7 Å². The summed E-state index contributed by atoms with van der Waals surface area (Å²) in [6.45, 7) is 5.16. The molecule has 0 amide bonds. The zero-order chi connectivity index (χ0) is 17.2. The lowest BCUT2D eigenvalue weighted by molar-refractivity contribution is 0.198. The molecule has 1 aliphatic heterocycles. The molecule has 25 heavy (non-hydrogen) atoms. The molecular formula is C19H22N6. The third-order valence-corrected chi connectivity index (χ3v) is 4.87. The summed E-state index contributed by atoms with van der Waals surface area (Å²) in [5.41, 5.74) is 9.27. The van der Waals surface area contributed by atoms with Crippen LogP contribution >= 0.6 is 0 Å². The first-order chi connectivity index (χ1) is 12.2. The van der Waals surface area contributed by atoms with E-state index in [0.717, 1.165) is 37.3 Å². The SMILES string of the molecule is CC(CNc1ncnc2nc(N)ccc12)N1CCc2ccccc2C1. The molecule has 2 aromatic heterocycles. The molecule has 1 aromatic carbocycles. The molecule has 3 heterocycles. The van der Waals surface area contributed by atoms with Crippen LogP contribution in [0, 0.1) is 0 Å². The second kappa shape index (κ2) is 6.64. The van der Waals surface area contributed by atoms with Gasteiger partial charge in [0.25, 0.3) is 0 Å². The van der Waals surface area contributed by atoms with Gasteiger partial charge in [0, 0.05) is 25.7 Å². The largest absolute Gasteiger partial charge is 0.384 e. The topological polar surface area (TPSA) is 80.0 Å². The lowest BCUT2D eigenvalue weighted by atomic mass is 9.99. The van der Waals surface area contributed by atoms with Crippen LogP contribution in [0.5, 0.6) is 0 Å². The van der Waals surface area contributed by atoms with Gasteiger partial charge in [0.05, 0.1) is 5.39 Å². The van der Waals surface area contributed by atoms with Crippen LogP contribution in [-0.2, 0) is 13.0 Å². The Hall–Kier alpha value is -2.73. The molecule has 0 bridgehead atoms. The summed E-state index contributed by atoms with van der Waals surface area (Å²) in [6.07, 6.45) is 2.64. The van der Waals surface area contributed by atoms with Crippen molar-refractivity contribution in [2.75, 3.05) is 24.1 Å². The first-order valence-electron chi connectivity index (χ1n) is 8.62. The van der Waals surface area contributed by atoms with Gasteiger partial charge in [0.15, 0.2) is 5.65 Å². The smallest absolute Gasteiger partial charge is 0.166 e. The number of benzene rings is 1. The van der Waals surface area contributed by atoms with Gasteiger partial charge >= 0.3 is 0 Å². The van der Waals surface area contributed by atoms with Crippen molar-refractivity contribution in [3.05, 3.63) is 53.9 Å². The fourth-order valence-corrected chi connectivity index (χ4v) is 3.37. The Kier molecular flexibility index (Phi) is 4.19. The zero-order valence-corrected chi connectivity index (χ0v) is 14.3. The van der Waals surface area contributed by atoms with E-state index in [1.165, 1.54) is 17.5 Å². The molecule has 0 aliphatic carbocycles. The molecule has 3 aromatic rings. The number of rotatable bonds is 4. The normalized spacial score (nSPS) is 15.7. The summed E-state index contributed by atoms with van der Waals surface area (Å²) in [7, 11) is 0. The summed E-state index contributed by atoms with van der Waals surface area (Å²) < 4.78 is 0. The van der Waals surface area contributed by atoms with Gasteiger partial charge in [-0.3, -0.25) is 4.90 Å². The molecule has 6 heteroatoms. The Bertz CT molecular complexity index is 894. The van der Waals surface area contributed by atoms with Gasteiger partial charge < -0.3 is 11.1 Å². The summed E-state index contributed by atoms with van der Waals surface area (Å²) in [5, 5.41) is 4.35. The van der Waals surface area contributed by atoms with Crippen LogP contribution in [0.3, 0.4) is 0 Å². The fraction of sp³-hybridized carbons (Fsp3) is 0.316. The van der Waals surface area contributed by atoms with E-state index in [-0.39, 0.29) is 0 Å². The van der Waals surface area contributed by atoms with Gasteiger partial charge in [-0.2, -0.15) is 0 Å². The second-order valence-corrected chi connectivity index (χ2v) is 6.55. The summed E-state index contributed by atoms with van der Waals surface area (Å²) >= 11 is 0. The fourth-order valence-electron chi connectivity index (χ4n) is 3.37. The highest BCUT2D eigenvalue weighted by molar-refractivity contribution is 5.87. The van der Waals surface area contributed by atoms with E-state index in [2.05, 4.69) is 56.4 Å². The summed E-state index contributed by atoms with van der Waals surface area (Å²) in [4.78, 5) is 15.3. The Morgan fingerprint density at radius 3 is 2.88 bits per heavy atom. The molecular weight excluding hydrogens is 312 g/mol. The highest BCUT2D eigenvalue weighted by Crippen LogP contribution is 2.22. The standard InChI is InChI=1S/C19H22N6/c1-13(25-9-8-14-4-2-3-5-15(14)11-25)10-21-18-16-6-7-17(20)24-19(16)23-12-22-18/h2-7,12-13H,8-11H2,1H3,(H3,20,21,22,23,24). The van der Waals surface area contributed by atoms with Gasteiger partial charge in [-0.1, -0.05) is 24.3 Å². The molecule has 4 rings (SSSR count). The van der Waals surface area contributed by atoms with Crippen molar-refractivity contribution < 1.29 is 0 Å². The number of pyridine rings is 1. The average Bonchev–Trinajstić information content (AvgIpc) is 2.65. The second-order valence-electron chi connectivity index (χ2n) is 6.55. The van der Waals surface area contributed by atoms with Gasteiger partial charge in [0.2, 0.25) is 0 Å². The van der Waals surface area contributed by atoms with Crippen molar-refractivity contribution in [1.82, 2.24) is 19.9 Å². The van der Waals surface area contributed by atoms with Crippen molar-refractivity contribution in [1.29, 1.82) is 0 Å². The van der Waals surface area contributed by atoms with E-state index in [4.69, 9.17) is 5.73 Å². The molecule has 6 nitrogen and oxygen atoms in total. The van der Waals surface area contributed by atoms with E-state index in [0.29, 0.717) is 17.5 Å². The minimum atomic E-state index is 0.403. The van der Waals surface area contributed by atoms with Gasteiger partial charge in [-0.25, -0.2) is 15.0 Å². The third-order valence-electron chi connectivity index (χ3n) is 4.87. The van der Waals surface area contributed by atoms with Crippen LogP contribution in [0.25, 0.3) is 11.0 Å². The van der Waals surface area contributed by atoms with Crippen molar-refractivity contribution in [2.24, 2.45) is 0 Å². The maximum Gasteiger partial charge on any atom is 0.166 e.